The molecule has 0 saturated carbocycles. The summed E-state index contributed by atoms with van der Waals surface area (Å²) in [5.74, 6) is 0. The van der Waals surface area contributed by atoms with Gasteiger partial charge in [0.05, 0.1) is 0 Å². The number of anilines is 1. The molecule has 0 atom stereocenters. The van der Waals surface area contributed by atoms with Gasteiger partial charge in [0.15, 0.2) is 0 Å². The van der Waals surface area contributed by atoms with Gasteiger partial charge < -0.3 is 10.4 Å². The molecule has 15 heavy (non-hydrogen) atoms. The maximum atomic E-state index is 8.36. The van der Waals surface area contributed by atoms with Crippen molar-refractivity contribution in [2.75, 3.05) is 12.4 Å². The Hall–Kier alpha value is -2.03. The predicted octanol–water partition coefficient (Wildman–Crippen LogP) is 2.58. The van der Waals surface area contributed by atoms with Gasteiger partial charge in [-0.3, -0.25) is 4.79 Å². The Balaban J connectivity index is 0.000000337. The normalized spacial score (nSPS) is 8.87. The predicted molar refractivity (Wildman–Crippen MR) is 62.2 cm³/mol. The van der Waals surface area contributed by atoms with Crippen molar-refractivity contribution >= 4 is 22.9 Å². The third-order valence-corrected chi connectivity index (χ3v) is 2.06. The minimum absolute atomic E-state index is 0.250. The topological polar surface area (TPSA) is 49.3 Å². The number of carboxylic acid groups (broad SMARTS) is 1. The average Bonchev–Trinajstić information content (AvgIpc) is 2.29. The van der Waals surface area contributed by atoms with E-state index in [0.29, 0.717) is 0 Å². The standard InChI is InChI=1S/C11H11N.CH2O2/c1-12-11-8-4-6-9-5-2-3-7-10(9)11;2-1-3/h2-8,12H,1H3;1H,(H,2,3). The highest BCUT2D eigenvalue weighted by molar-refractivity contribution is 5.93. The fraction of sp³-hybridized carbons (Fsp3) is 0.0833. The summed E-state index contributed by atoms with van der Waals surface area (Å²) in [6.45, 7) is -0.250. The Labute approximate surface area is 88.4 Å². The lowest BCUT2D eigenvalue weighted by molar-refractivity contribution is -0.122. The number of rotatable bonds is 1. The lowest BCUT2D eigenvalue weighted by Gasteiger charge is -2.04. The summed E-state index contributed by atoms with van der Waals surface area (Å²) in [5.41, 5.74) is 1.19. The molecular weight excluding hydrogens is 190 g/mol. The third-order valence-electron chi connectivity index (χ3n) is 2.06. The van der Waals surface area contributed by atoms with E-state index >= 15 is 0 Å². The van der Waals surface area contributed by atoms with Crippen LogP contribution in [0.4, 0.5) is 5.69 Å². The van der Waals surface area contributed by atoms with Gasteiger partial charge in [-0.15, -0.1) is 0 Å². The highest BCUT2D eigenvalue weighted by Gasteiger charge is 1.95. The maximum Gasteiger partial charge on any atom is 0.290 e. The van der Waals surface area contributed by atoms with Crippen molar-refractivity contribution < 1.29 is 9.90 Å². The van der Waals surface area contributed by atoms with Crippen molar-refractivity contribution in [3.05, 3.63) is 42.5 Å². The molecule has 0 spiro atoms. The molecule has 0 aliphatic rings. The van der Waals surface area contributed by atoms with Gasteiger partial charge in [0.1, 0.15) is 0 Å². The first-order valence-electron chi connectivity index (χ1n) is 4.57. The Kier molecular flexibility index (Phi) is 4.16. The highest BCUT2D eigenvalue weighted by atomic mass is 16.3. The van der Waals surface area contributed by atoms with Crippen molar-refractivity contribution in [1.82, 2.24) is 0 Å². The first-order chi connectivity index (χ1) is 7.33. The first kappa shape index (κ1) is 11.0. The lowest BCUT2D eigenvalue weighted by atomic mass is 10.1. The van der Waals surface area contributed by atoms with E-state index in [4.69, 9.17) is 9.90 Å². The van der Waals surface area contributed by atoms with E-state index in [0.717, 1.165) is 0 Å². The van der Waals surface area contributed by atoms with Crippen LogP contribution in [-0.4, -0.2) is 18.6 Å². The quantitative estimate of drug-likeness (QED) is 0.700. The van der Waals surface area contributed by atoms with Crippen molar-refractivity contribution in [3.63, 3.8) is 0 Å². The van der Waals surface area contributed by atoms with Gasteiger partial charge in [-0.1, -0.05) is 36.4 Å². The molecule has 0 bridgehead atoms. The SMILES string of the molecule is CNc1cccc2ccccc12.O=CO. The number of fused-ring (bicyclic) bond motifs is 1. The Morgan fingerprint density at radius 1 is 1.13 bits per heavy atom. The van der Waals surface area contributed by atoms with E-state index in [1.165, 1.54) is 16.5 Å². The molecule has 0 aromatic heterocycles. The van der Waals surface area contributed by atoms with E-state index in [2.05, 4.69) is 47.8 Å². The van der Waals surface area contributed by atoms with E-state index in [1.54, 1.807) is 0 Å². The molecule has 0 unspecified atom stereocenters. The average molecular weight is 203 g/mol. The number of nitrogens with one attached hydrogen (secondary N) is 1. The molecule has 0 saturated heterocycles. The molecule has 0 aliphatic carbocycles. The highest BCUT2D eigenvalue weighted by Crippen LogP contribution is 2.21. The van der Waals surface area contributed by atoms with Crippen molar-refractivity contribution in [2.24, 2.45) is 0 Å². The molecule has 2 rings (SSSR count). The monoisotopic (exact) mass is 203 g/mol. The van der Waals surface area contributed by atoms with Gasteiger partial charge in [-0.05, 0) is 11.5 Å². The summed E-state index contributed by atoms with van der Waals surface area (Å²) in [6, 6.07) is 14.6. The summed E-state index contributed by atoms with van der Waals surface area (Å²) in [5, 5.41) is 12.6. The van der Waals surface area contributed by atoms with Crippen LogP contribution in [0.1, 0.15) is 0 Å². The molecular formula is C12H13NO2. The van der Waals surface area contributed by atoms with Crippen molar-refractivity contribution in [1.29, 1.82) is 0 Å². The summed E-state index contributed by atoms with van der Waals surface area (Å²) >= 11 is 0. The molecule has 3 nitrogen and oxygen atoms in total. The van der Waals surface area contributed by atoms with Gasteiger partial charge in [0.25, 0.3) is 6.47 Å². The van der Waals surface area contributed by atoms with E-state index in [9.17, 15) is 0 Å². The van der Waals surface area contributed by atoms with Crippen LogP contribution in [0.25, 0.3) is 10.8 Å². The van der Waals surface area contributed by atoms with E-state index in [-0.39, 0.29) is 6.47 Å². The molecule has 0 amide bonds. The smallest absolute Gasteiger partial charge is 0.290 e. The zero-order chi connectivity index (χ0) is 11.1. The number of benzene rings is 2. The van der Waals surface area contributed by atoms with Crippen molar-refractivity contribution in [2.45, 2.75) is 0 Å². The lowest BCUT2D eigenvalue weighted by Crippen LogP contribution is -1.88. The van der Waals surface area contributed by atoms with Gasteiger partial charge in [0, 0.05) is 18.1 Å². The summed E-state index contributed by atoms with van der Waals surface area (Å²) in [7, 11) is 1.95. The molecule has 2 N–H and O–H groups in total. The largest absolute Gasteiger partial charge is 0.483 e. The van der Waals surface area contributed by atoms with Crippen LogP contribution < -0.4 is 5.32 Å². The molecule has 0 radical (unpaired) electrons. The molecule has 0 fully saturated rings. The maximum absolute atomic E-state index is 8.36. The van der Waals surface area contributed by atoms with Crippen LogP contribution in [-0.2, 0) is 4.79 Å². The Morgan fingerprint density at radius 3 is 2.40 bits per heavy atom. The van der Waals surface area contributed by atoms with Crippen molar-refractivity contribution in [3.8, 4) is 0 Å². The van der Waals surface area contributed by atoms with Crippen LogP contribution in [0.3, 0.4) is 0 Å². The zero-order valence-corrected chi connectivity index (χ0v) is 8.47. The molecule has 3 heteroatoms. The fourth-order valence-electron chi connectivity index (χ4n) is 1.44. The zero-order valence-electron chi connectivity index (χ0n) is 8.47. The van der Waals surface area contributed by atoms with Gasteiger partial charge in [-0.25, -0.2) is 0 Å². The molecule has 78 valence electrons. The molecule has 0 heterocycles. The number of hydrogen-bond donors (Lipinski definition) is 2. The summed E-state index contributed by atoms with van der Waals surface area (Å²) < 4.78 is 0. The second-order valence-corrected chi connectivity index (χ2v) is 2.88. The van der Waals surface area contributed by atoms with Gasteiger partial charge in [0.2, 0.25) is 0 Å². The molecule has 2 aromatic carbocycles. The van der Waals surface area contributed by atoms with Crippen LogP contribution in [0, 0.1) is 0 Å². The minimum Gasteiger partial charge on any atom is -0.483 e. The number of hydrogen-bond acceptors (Lipinski definition) is 2. The van der Waals surface area contributed by atoms with Crippen LogP contribution in [0.15, 0.2) is 42.5 Å². The molecule has 0 aliphatic heterocycles. The van der Waals surface area contributed by atoms with Gasteiger partial charge in [-0.2, -0.15) is 0 Å². The minimum atomic E-state index is -0.250. The summed E-state index contributed by atoms with van der Waals surface area (Å²) in [6.07, 6.45) is 0. The van der Waals surface area contributed by atoms with E-state index < -0.39 is 0 Å². The fourth-order valence-corrected chi connectivity index (χ4v) is 1.44. The second-order valence-electron chi connectivity index (χ2n) is 2.88. The first-order valence-corrected chi connectivity index (χ1v) is 4.57. The Morgan fingerprint density at radius 2 is 1.73 bits per heavy atom. The Bertz CT molecular complexity index is 435. The third kappa shape index (κ3) is 2.71. The van der Waals surface area contributed by atoms with E-state index in [1.807, 2.05) is 7.05 Å². The van der Waals surface area contributed by atoms with Gasteiger partial charge >= 0.3 is 0 Å². The van der Waals surface area contributed by atoms with Crippen LogP contribution >= 0.6 is 0 Å². The number of carbonyl (C=O) groups is 1. The summed E-state index contributed by atoms with van der Waals surface area (Å²) in [4.78, 5) is 8.36. The van der Waals surface area contributed by atoms with Crippen LogP contribution in [0.5, 0.6) is 0 Å². The second kappa shape index (κ2) is 5.65. The van der Waals surface area contributed by atoms with Crippen LogP contribution in [0.2, 0.25) is 0 Å². The molecule has 2 aromatic rings.